The molecule has 0 N–H and O–H groups in total. The number of benzene rings is 2. The standard InChI is InChI=1S/C19H15N4O2.ClHO4/c24-23(25)17-9-7-16(8-10-17)18-14-21-12-4-11-20-19(21)22(18)13-15-5-2-1-3-6-15;2-1(3,4)5/h1-12,14H,13H2;(H,2,3,4,5)/q+1;/p-1. The molecule has 4 aromatic rings. The Hall–Kier alpha value is -3.41. The largest absolute Gasteiger partial charge is 0.403 e. The molecule has 0 unspecified atom stereocenters. The Morgan fingerprint density at radius 2 is 1.60 bits per heavy atom. The lowest BCUT2D eigenvalue weighted by Crippen LogP contribution is -2.68. The van der Waals surface area contributed by atoms with E-state index in [1.54, 1.807) is 18.3 Å². The van der Waals surface area contributed by atoms with Crippen molar-refractivity contribution < 1.29 is 38.2 Å². The number of halogens is 1. The van der Waals surface area contributed by atoms with Gasteiger partial charge in [0, 0.05) is 23.8 Å². The van der Waals surface area contributed by atoms with E-state index in [9.17, 15) is 10.1 Å². The molecule has 2 aromatic heterocycles. The Morgan fingerprint density at radius 1 is 0.967 bits per heavy atom. The van der Waals surface area contributed by atoms with Gasteiger partial charge in [0.1, 0.15) is 18.1 Å². The number of hydrogen-bond donors (Lipinski definition) is 0. The molecule has 4 rings (SSSR count). The lowest BCUT2D eigenvalue weighted by atomic mass is 10.1. The van der Waals surface area contributed by atoms with Crippen molar-refractivity contribution in [3.8, 4) is 11.3 Å². The van der Waals surface area contributed by atoms with Crippen LogP contribution >= 0.6 is 0 Å². The second-order valence-corrected chi connectivity index (χ2v) is 6.85. The number of aromatic nitrogens is 3. The second-order valence-electron chi connectivity index (χ2n) is 6.09. The number of nitro groups is 1. The van der Waals surface area contributed by atoms with Gasteiger partial charge in [-0.25, -0.2) is 27.6 Å². The van der Waals surface area contributed by atoms with Gasteiger partial charge in [0.2, 0.25) is 0 Å². The van der Waals surface area contributed by atoms with Crippen LogP contribution in [-0.4, -0.2) is 14.5 Å². The Morgan fingerprint density at radius 3 is 2.20 bits per heavy atom. The van der Waals surface area contributed by atoms with Crippen LogP contribution in [0.25, 0.3) is 17.0 Å². The Kier molecular flexibility index (Phi) is 6.35. The number of non-ortho nitro benzene ring substituents is 1. The fourth-order valence-corrected chi connectivity index (χ4v) is 2.90. The summed E-state index contributed by atoms with van der Waals surface area (Å²) in [4.78, 5) is 15.0. The van der Waals surface area contributed by atoms with Crippen molar-refractivity contribution in [1.29, 1.82) is 0 Å². The molecule has 154 valence electrons. The molecular weight excluding hydrogens is 416 g/mol. The topological polar surface area (TPSA) is 157 Å². The highest BCUT2D eigenvalue weighted by molar-refractivity contribution is 5.62. The highest BCUT2D eigenvalue weighted by Crippen LogP contribution is 2.24. The van der Waals surface area contributed by atoms with E-state index in [0.29, 0.717) is 6.54 Å². The molecule has 0 bridgehead atoms. The predicted octanol–water partition coefficient (Wildman–Crippen LogP) is -1.51. The molecule has 0 aliphatic rings. The first-order valence-electron chi connectivity index (χ1n) is 8.48. The van der Waals surface area contributed by atoms with Crippen molar-refractivity contribution in [1.82, 2.24) is 9.55 Å². The van der Waals surface area contributed by atoms with E-state index in [-0.39, 0.29) is 10.6 Å². The molecule has 0 fully saturated rings. The summed E-state index contributed by atoms with van der Waals surface area (Å²) in [6.07, 6.45) is 5.70. The summed E-state index contributed by atoms with van der Waals surface area (Å²) in [5.74, 6) is 0.819. The zero-order chi connectivity index (χ0) is 21.7. The summed E-state index contributed by atoms with van der Waals surface area (Å²) in [6, 6.07) is 18.6. The third kappa shape index (κ3) is 5.56. The Bertz CT molecular complexity index is 1140. The first kappa shape index (κ1) is 21.3. The van der Waals surface area contributed by atoms with Crippen molar-refractivity contribution in [3.63, 3.8) is 0 Å². The van der Waals surface area contributed by atoms with Gasteiger partial charge in [-0.1, -0.05) is 35.3 Å². The molecule has 0 spiro atoms. The Labute approximate surface area is 172 Å². The number of nitro benzene ring substituents is 1. The highest BCUT2D eigenvalue weighted by atomic mass is 35.7. The third-order valence-corrected chi connectivity index (χ3v) is 4.10. The van der Waals surface area contributed by atoms with Gasteiger partial charge in [-0.05, 0) is 17.7 Å². The van der Waals surface area contributed by atoms with Gasteiger partial charge in [0.15, 0.2) is 0 Å². The first-order valence-corrected chi connectivity index (χ1v) is 9.72. The van der Waals surface area contributed by atoms with E-state index < -0.39 is 10.2 Å². The lowest BCUT2D eigenvalue weighted by Gasteiger charge is -2.17. The number of hydrogen-bond acceptors (Lipinski definition) is 7. The Balaban J connectivity index is 0.000000461. The zero-order valence-electron chi connectivity index (χ0n) is 15.3. The van der Waals surface area contributed by atoms with E-state index in [1.165, 1.54) is 12.1 Å². The van der Waals surface area contributed by atoms with E-state index in [2.05, 4.69) is 21.7 Å². The maximum Gasteiger partial charge on any atom is 0.403 e. The van der Waals surface area contributed by atoms with Crippen molar-refractivity contribution in [3.05, 3.63) is 94.9 Å². The van der Waals surface area contributed by atoms with E-state index in [0.717, 1.165) is 22.6 Å². The quantitative estimate of drug-likeness (QED) is 0.216. The van der Waals surface area contributed by atoms with Gasteiger partial charge in [0.05, 0.1) is 17.7 Å². The van der Waals surface area contributed by atoms with Gasteiger partial charge >= 0.3 is 5.78 Å². The minimum Gasteiger partial charge on any atom is -0.258 e. The van der Waals surface area contributed by atoms with Crippen molar-refractivity contribution in [2.75, 3.05) is 0 Å². The summed E-state index contributed by atoms with van der Waals surface area (Å²) in [5.41, 5.74) is 3.11. The summed E-state index contributed by atoms with van der Waals surface area (Å²) < 4.78 is 38.0. The minimum absolute atomic E-state index is 0.0836. The van der Waals surface area contributed by atoms with Crippen LogP contribution in [0.5, 0.6) is 0 Å². The number of nitrogens with zero attached hydrogens (tertiary/aromatic N) is 4. The predicted molar refractivity (Wildman–Crippen MR) is 93.0 cm³/mol. The van der Waals surface area contributed by atoms with Crippen LogP contribution in [0.4, 0.5) is 5.69 Å². The van der Waals surface area contributed by atoms with Crippen LogP contribution < -0.4 is 23.0 Å². The molecule has 0 aliphatic heterocycles. The number of rotatable bonds is 4. The molecule has 0 amide bonds. The lowest BCUT2D eigenvalue weighted by molar-refractivity contribution is -2.00. The molecule has 0 saturated carbocycles. The molecule has 0 saturated heterocycles. The molecule has 0 atom stereocenters. The molecule has 2 aromatic carbocycles. The molecule has 0 radical (unpaired) electrons. The van der Waals surface area contributed by atoms with Crippen LogP contribution in [0.3, 0.4) is 0 Å². The van der Waals surface area contributed by atoms with Gasteiger partial charge in [0.25, 0.3) is 5.69 Å². The fourth-order valence-electron chi connectivity index (χ4n) is 2.90. The monoisotopic (exact) mass is 430 g/mol. The van der Waals surface area contributed by atoms with Crippen LogP contribution in [-0.2, 0) is 6.54 Å². The summed E-state index contributed by atoms with van der Waals surface area (Å²) >= 11 is 0. The average Bonchev–Trinajstić information content (AvgIpc) is 3.06. The van der Waals surface area contributed by atoms with E-state index >= 15 is 0 Å². The number of imidazole rings is 1. The molecule has 0 aliphatic carbocycles. The van der Waals surface area contributed by atoms with Crippen molar-refractivity contribution in [2.45, 2.75) is 6.54 Å². The maximum atomic E-state index is 10.9. The van der Waals surface area contributed by atoms with Gasteiger partial charge in [-0.2, -0.15) is 0 Å². The summed E-state index contributed by atoms with van der Waals surface area (Å²) in [7, 11) is -4.94. The maximum absolute atomic E-state index is 10.9. The van der Waals surface area contributed by atoms with Crippen LogP contribution in [0.2, 0.25) is 0 Å². The zero-order valence-corrected chi connectivity index (χ0v) is 16.1. The van der Waals surface area contributed by atoms with Crippen molar-refractivity contribution in [2.24, 2.45) is 0 Å². The molecule has 2 heterocycles. The van der Waals surface area contributed by atoms with Gasteiger partial charge in [-0.15, -0.1) is 10.2 Å². The summed E-state index contributed by atoms with van der Waals surface area (Å²) in [5, 5.41) is 10.9. The summed E-state index contributed by atoms with van der Waals surface area (Å²) in [6.45, 7) is 0.667. The van der Waals surface area contributed by atoms with Crippen molar-refractivity contribution >= 4 is 11.5 Å². The molecule has 11 heteroatoms. The van der Waals surface area contributed by atoms with Crippen LogP contribution in [0.15, 0.2) is 79.3 Å². The van der Waals surface area contributed by atoms with Crippen LogP contribution in [0.1, 0.15) is 5.56 Å². The van der Waals surface area contributed by atoms with Gasteiger partial charge < -0.3 is 0 Å². The minimum atomic E-state index is -4.94. The molecule has 30 heavy (non-hydrogen) atoms. The fraction of sp³-hybridized carbons (Fsp3) is 0.0526. The van der Waals surface area contributed by atoms with Gasteiger partial charge in [-0.3, -0.25) is 10.1 Å². The molecule has 10 nitrogen and oxygen atoms in total. The van der Waals surface area contributed by atoms with E-state index in [4.69, 9.17) is 18.6 Å². The highest BCUT2D eigenvalue weighted by Gasteiger charge is 2.20. The smallest absolute Gasteiger partial charge is 0.258 e. The normalized spacial score (nSPS) is 11.1. The van der Waals surface area contributed by atoms with E-state index in [1.807, 2.05) is 41.1 Å². The molecular formula is C19H15ClN4O6. The second kappa shape index (κ2) is 8.95. The third-order valence-electron chi connectivity index (χ3n) is 4.10. The SMILES string of the molecule is O=[N+]([O-])c1ccc(-c2c[n+]3cccnc3n2Cc2ccccc2)cc1.[O-][Cl+3]([O-])([O-])[O-]. The van der Waals surface area contributed by atoms with Crippen LogP contribution in [0, 0.1) is 20.4 Å². The average molecular weight is 431 g/mol. The number of fused-ring (bicyclic) bond motifs is 1. The first-order chi connectivity index (χ1) is 14.2.